The Morgan fingerprint density at radius 3 is 2.32 bits per heavy atom. The molecule has 0 unspecified atom stereocenters. The van der Waals surface area contributed by atoms with Gasteiger partial charge in [0.15, 0.2) is 0 Å². The minimum absolute atomic E-state index is 0. The third-order valence-corrected chi connectivity index (χ3v) is 2.73. The first-order valence-electron chi connectivity index (χ1n) is 6.68. The Balaban J connectivity index is 0.00000324. The molecule has 0 aliphatic heterocycles. The molecule has 0 saturated carbocycles. The number of halogens is 1. The summed E-state index contributed by atoms with van der Waals surface area (Å²) >= 11 is 0. The molecule has 0 amide bonds. The van der Waals surface area contributed by atoms with Crippen LogP contribution in [0.15, 0.2) is 24.3 Å². The number of nitrogens with zero attached hydrogens (tertiary/aromatic N) is 1. The average Bonchev–Trinajstić information content (AvgIpc) is 2.34. The number of benzene rings is 1. The van der Waals surface area contributed by atoms with Crippen molar-refractivity contribution in [2.24, 2.45) is 0 Å². The number of hydrogen-bond donors (Lipinski definition) is 1. The first kappa shape index (κ1) is 18.2. The van der Waals surface area contributed by atoms with E-state index in [-0.39, 0.29) is 12.4 Å². The van der Waals surface area contributed by atoms with Crippen LogP contribution in [-0.2, 0) is 11.3 Å². The molecule has 0 heterocycles. The molecular formula is C15H26ClN2O-. The summed E-state index contributed by atoms with van der Waals surface area (Å²) in [6.07, 6.45) is 1.40. The van der Waals surface area contributed by atoms with Crippen molar-refractivity contribution in [1.82, 2.24) is 5.32 Å². The van der Waals surface area contributed by atoms with E-state index in [4.69, 9.17) is 4.74 Å². The van der Waals surface area contributed by atoms with Crippen LogP contribution < -0.4 is 22.6 Å². The van der Waals surface area contributed by atoms with E-state index in [0.717, 1.165) is 26.1 Å². The van der Waals surface area contributed by atoms with Crippen molar-refractivity contribution in [3.05, 3.63) is 29.8 Å². The Labute approximate surface area is 123 Å². The zero-order valence-corrected chi connectivity index (χ0v) is 13.2. The lowest BCUT2D eigenvalue weighted by Crippen LogP contribution is -3.00. The van der Waals surface area contributed by atoms with Crippen molar-refractivity contribution >= 4 is 5.69 Å². The van der Waals surface area contributed by atoms with Gasteiger partial charge in [-0.15, -0.1) is 0 Å². The van der Waals surface area contributed by atoms with Gasteiger partial charge < -0.3 is 27.4 Å². The van der Waals surface area contributed by atoms with Crippen LogP contribution >= 0.6 is 0 Å². The summed E-state index contributed by atoms with van der Waals surface area (Å²) in [5, 5.41) is 3.43. The summed E-state index contributed by atoms with van der Waals surface area (Å²) in [6, 6.07) is 8.65. The SMILES string of the molecule is CC(C)OCCCNCc1ccc(N(C)C)cc1.[Cl-]. The summed E-state index contributed by atoms with van der Waals surface area (Å²) in [5.74, 6) is 0. The summed E-state index contributed by atoms with van der Waals surface area (Å²) in [6.45, 7) is 6.90. The van der Waals surface area contributed by atoms with E-state index in [1.165, 1.54) is 11.3 Å². The molecule has 19 heavy (non-hydrogen) atoms. The van der Waals surface area contributed by atoms with Crippen LogP contribution in [0.2, 0.25) is 0 Å². The lowest BCUT2D eigenvalue weighted by Gasteiger charge is -2.13. The highest BCUT2D eigenvalue weighted by atomic mass is 35.5. The predicted octanol–water partition coefficient (Wildman–Crippen LogP) is -0.339. The molecule has 0 saturated heterocycles. The maximum atomic E-state index is 5.49. The summed E-state index contributed by atoms with van der Waals surface area (Å²) < 4.78 is 5.49. The largest absolute Gasteiger partial charge is 1.00 e. The van der Waals surface area contributed by atoms with Crippen molar-refractivity contribution in [2.75, 3.05) is 32.1 Å². The minimum atomic E-state index is 0. The molecule has 110 valence electrons. The molecule has 0 aliphatic rings. The van der Waals surface area contributed by atoms with Crippen LogP contribution in [0.1, 0.15) is 25.8 Å². The van der Waals surface area contributed by atoms with E-state index in [1.807, 2.05) is 0 Å². The number of rotatable bonds is 8. The van der Waals surface area contributed by atoms with E-state index in [1.54, 1.807) is 0 Å². The molecule has 0 spiro atoms. The fourth-order valence-corrected chi connectivity index (χ4v) is 1.66. The smallest absolute Gasteiger partial charge is 0.0518 e. The van der Waals surface area contributed by atoms with Gasteiger partial charge in [0.1, 0.15) is 0 Å². The fraction of sp³-hybridized carbons (Fsp3) is 0.600. The van der Waals surface area contributed by atoms with Gasteiger partial charge in [-0.1, -0.05) is 12.1 Å². The molecule has 0 aliphatic carbocycles. The van der Waals surface area contributed by atoms with Crippen molar-refractivity contribution in [1.29, 1.82) is 0 Å². The van der Waals surface area contributed by atoms with Crippen LogP contribution in [0.25, 0.3) is 0 Å². The van der Waals surface area contributed by atoms with E-state index in [0.29, 0.717) is 6.10 Å². The molecule has 3 nitrogen and oxygen atoms in total. The van der Waals surface area contributed by atoms with Crippen LogP contribution in [0, 0.1) is 0 Å². The van der Waals surface area contributed by atoms with Gasteiger partial charge >= 0.3 is 0 Å². The lowest BCUT2D eigenvalue weighted by atomic mass is 10.2. The van der Waals surface area contributed by atoms with Crippen LogP contribution in [-0.4, -0.2) is 33.4 Å². The molecule has 4 heteroatoms. The van der Waals surface area contributed by atoms with Gasteiger partial charge in [-0.2, -0.15) is 0 Å². The van der Waals surface area contributed by atoms with E-state index < -0.39 is 0 Å². The molecule has 1 rings (SSSR count). The van der Waals surface area contributed by atoms with Crippen LogP contribution in [0.3, 0.4) is 0 Å². The molecular weight excluding hydrogens is 260 g/mol. The zero-order chi connectivity index (χ0) is 13.4. The van der Waals surface area contributed by atoms with Gasteiger partial charge in [0.25, 0.3) is 0 Å². The van der Waals surface area contributed by atoms with E-state index in [2.05, 4.69) is 62.4 Å². The van der Waals surface area contributed by atoms with Crippen molar-refractivity contribution in [3.63, 3.8) is 0 Å². The van der Waals surface area contributed by atoms with Crippen molar-refractivity contribution in [3.8, 4) is 0 Å². The van der Waals surface area contributed by atoms with E-state index >= 15 is 0 Å². The number of anilines is 1. The van der Waals surface area contributed by atoms with E-state index in [9.17, 15) is 0 Å². The minimum Gasteiger partial charge on any atom is -1.00 e. The third kappa shape index (κ3) is 8.09. The van der Waals surface area contributed by atoms with Gasteiger partial charge in [0.2, 0.25) is 0 Å². The maximum Gasteiger partial charge on any atom is 0.0518 e. The van der Waals surface area contributed by atoms with Gasteiger partial charge in [-0.05, 0) is 44.5 Å². The fourth-order valence-electron chi connectivity index (χ4n) is 1.66. The van der Waals surface area contributed by atoms with Crippen LogP contribution in [0.4, 0.5) is 5.69 Å². The van der Waals surface area contributed by atoms with Gasteiger partial charge in [-0.3, -0.25) is 0 Å². The second-order valence-corrected chi connectivity index (χ2v) is 5.01. The Kier molecular flexibility index (Phi) is 9.66. The predicted molar refractivity (Wildman–Crippen MR) is 78.2 cm³/mol. The highest BCUT2D eigenvalue weighted by molar-refractivity contribution is 5.45. The molecule has 0 radical (unpaired) electrons. The summed E-state index contributed by atoms with van der Waals surface area (Å²) in [4.78, 5) is 2.11. The quantitative estimate of drug-likeness (QED) is 0.662. The summed E-state index contributed by atoms with van der Waals surface area (Å²) in [5.41, 5.74) is 2.56. The highest BCUT2D eigenvalue weighted by Gasteiger charge is 1.97. The number of hydrogen-bond acceptors (Lipinski definition) is 3. The lowest BCUT2D eigenvalue weighted by molar-refractivity contribution is -0.00000675. The Morgan fingerprint density at radius 2 is 1.79 bits per heavy atom. The maximum absolute atomic E-state index is 5.49. The first-order valence-corrected chi connectivity index (χ1v) is 6.68. The zero-order valence-electron chi connectivity index (χ0n) is 12.4. The Hall–Kier alpha value is -0.770. The third-order valence-electron chi connectivity index (χ3n) is 2.73. The average molecular weight is 286 g/mol. The standard InChI is InChI=1S/C15H26N2O.ClH/c1-13(2)18-11-5-10-16-12-14-6-8-15(9-7-14)17(3)4;/h6-9,13,16H,5,10-12H2,1-4H3;1H/p-1. The molecule has 0 fully saturated rings. The molecule has 0 bridgehead atoms. The molecule has 0 atom stereocenters. The Morgan fingerprint density at radius 1 is 1.16 bits per heavy atom. The summed E-state index contributed by atoms with van der Waals surface area (Å²) in [7, 11) is 4.12. The molecule has 1 N–H and O–H groups in total. The second-order valence-electron chi connectivity index (χ2n) is 5.01. The monoisotopic (exact) mass is 285 g/mol. The van der Waals surface area contributed by atoms with Crippen molar-refractivity contribution < 1.29 is 17.1 Å². The van der Waals surface area contributed by atoms with Gasteiger partial charge in [0.05, 0.1) is 6.10 Å². The number of ether oxygens (including phenoxy) is 1. The second kappa shape index (κ2) is 10.1. The molecule has 0 aromatic heterocycles. The van der Waals surface area contributed by atoms with Gasteiger partial charge in [-0.25, -0.2) is 0 Å². The topological polar surface area (TPSA) is 24.5 Å². The molecule has 1 aromatic carbocycles. The number of nitrogens with one attached hydrogen (secondary N) is 1. The normalized spacial score (nSPS) is 10.4. The van der Waals surface area contributed by atoms with Crippen LogP contribution in [0.5, 0.6) is 0 Å². The van der Waals surface area contributed by atoms with Gasteiger partial charge in [0, 0.05) is 32.9 Å². The molecule has 1 aromatic rings. The Bertz CT molecular complexity index is 325. The highest BCUT2D eigenvalue weighted by Crippen LogP contribution is 2.11. The van der Waals surface area contributed by atoms with Crippen molar-refractivity contribution in [2.45, 2.75) is 32.9 Å². The first-order chi connectivity index (χ1) is 8.59.